The molecule has 3 rings (SSSR count). The number of carbonyl (C=O) groups is 1. The van der Waals surface area contributed by atoms with Crippen molar-refractivity contribution in [1.29, 1.82) is 0 Å². The van der Waals surface area contributed by atoms with E-state index >= 15 is 0 Å². The predicted octanol–water partition coefficient (Wildman–Crippen LogP) is 5.09. The van der Waals surface area contributed by atoms with Crippen LogP contribution in [0.4, 0.5) is 13.2 Å². The van der Waals surface area contributed by atoms with E-state index < -0.39 is 6.61 Å². The Hall–Kier alpha value is -3.01. The molecule has 3 aromatic rings. The quantitative estimate of drug-likeness (QED) is 0.380. The molecule has 1 amide bonds. The van der Waals surface area contributed by atoms with Crippen molar-refractivity contribution in [3.05, 3.63) is 59.9 Å². The molecule has 0 aliphatic heterocycles. The zero-order chi connectivity index (χ0) is 24.0. The summed E-state index contributed by atoms with van der Waals surface area (Å²) in [7, 11) is 1.66. The van der Waals surface area contributed by atoms with Crippen molar-refractivity contribution in [3.63, 3.8) is 0 Å². The first kappa shape index (κ1) is 24.6. The zero-order valence-electron chi connectivity index (χ0n) is 18.5. The molecule has 0 spiro atoms. The highest BCUT2D eigenvalue weighted by atomic mass is 32.2. The summed E-state index contributed by atoms with van der Waals surface area (Å²) in [6.07, 6.45) is 0. The van der Waals surface area contributed by atoms with E-state index in [0.29, 0.717) is 29.6 Å². The Balaban J connectivity index is 1.66. The smallest absolute Gasteiger partial charge is 0.387 e. The van der Waals surface area contributed by atoms with Gasteiger partial charge in [-0.25, -0.2) is 4.39 Å². The van der Waals surface area contributed by atoms with Crippen LogP contribution in [-0.4, -0.2) is 45.0 Å². The number of alkyl halides is 2. The molecular formula is C23H25F3N4O2S. The maximum Gasteiger partial charge on any atom is 0.387 e. The number of benzene rings is 2. The van der Waals surface area contributed by atoms with Crippen molar-refractivity contribution >= 4 is 17.7 Å². The molecule has 0 saturated carbocycles. The first-order valence-corrected chi connectivity index (χ1v) is 11.3. The second-order valence-corrected chi connectivity index (χ2v) is 8.79. The van der Waals surface area contributed by atoms with Crippen LogP contribution in [0.1, 0.15) is 19.4 Å². The molecule has 0 fully saturated rings. The molecule has 6 nitrogen and oxygen atoms in total. The third-order valence-electron chi connectivity index (χ3n) is 4.70. The fraction of sp³-hybridized carbons (Fsp3) is 0.348. The van der Waals surface area contributed by atoms with Crippen molar-refractivity contribution in [3.8, 4) is 17.1 Å². The Morgan fingerprint density at radius 1 is 1.12 bits per heavy atom. The molecule has 0 unspecified atom stereocenters. The van der Waals surface area contributed by atoms with Gasteiger partial charge in [-0.2, -0.15) is 8.78 Å². The molecule has 1 aromatic heterocycles. The highest BCUT2D eigenvalue weighted by Crippen LogP contribution is 2.27. The number of amides is 1. The second-order valence-electron chi connectivity index (χ2n) is 7.85. The van der Waals surface area contributed by atoms with Gasteiger partial charge in [-0.15, -0.1) is 10.2 Å². The van der Waals surface area contributed by atoms with Gasteiger partial charge < -0.3 is 14.2 Å². The molecule has 10 heteroatoms. The number of halogens is 3. The van der Waals surface area contributed by atoms with E-state index in [1.54, 1.807) is 37.4 Å². The van der Waals surface area contributed by atoms with E-state index in [1.165, 1.54) is 34.9 Å². The Morgan fingerprint density at radius 2 is 1.82 bits per heavy atom. The van der Waals surface area contributed by atoms with E-state index in [-0.39, 0.29) is 29.1 Å². The summed E-state index contributed by atoms with van der Waals surface area (Å²) in [4.78, 5) is 14.2. The Labute approximate surface area is 194 Å². The molecule has 176 valence electrons. The maximum atomic E-state index is 14.3. The first-order chi connectivity index (χ1) is 15.7. The monoisotopic (exact) mass is 478 g/mol. The van der Waals surface area contributed by atoms with Gasteiger partial charge in [0.2, 0.25) is 5.91 Å². The van der Waals surface area contributed by atoms with Crippen LogP contribution in [0.3, 0.4) is 0 Å². The molecule has 0 saturated heterocycles. The standard InChI is InChI=1S/C23H25F3N4O2S/c1-15(2)12-30-21(18-6-4-5-7-19(18)24)27-28-23(30)33-14-20(31)29(3)13-16-8-10-17(11-9-16)32-22(25)26/h4-11,15,22H,12-14H2,1-3H3. The van der Waals surface area contributed by atoms with Gasteiger partial charge in [-0.1, -0.05) is 49.9 Å². The van der Waals surface area contributed by atoms with E-state index in [0.717, 1.165) is 5.56 Å². The van der Waals surface area contributed by atoms with Crippen LogP contribution < -0.4 is 4.74 Å². The predicted molar refractivity (Wildman–Crippen MR) is 121 cm³/mol. The average Bonchev–Trinajstić information content (AvgIpc) is 3.14. The van der Waals surface area contributed by atoms with Gasteiger partial charge in [0.25, 0.3) is 0 Å². The Morgan fingerprint density at radius 3 is 2.45 bits per heavy atom. The van der Waals surface area contributed by atoms with E-state index in [1.807, 2.05) is 18.4 Å². The summed E-state index contributed by atoms with van der Waals surface area (Å²) < 4.78 is 45.0. The maximum absolute atomic E-state index is 14.3. The second kappa shape index (κ2) is 11.2. The minimum Gasteiger partial charge on any atom is -0.435 e. The van der Waals surface area contributed by atoms with Gasteiger partial charge in [-0.3, -0.25) is 4.79 Å². The number of nitrogens with zero attached hydrogens (tertiary/aromatic N) is 4. The van der Waals surface area contributed by atoms with E-state index in [4.69, 9.17) is 0 Å². The number of aromatic nitrogens is 3. The van der Waals surface area contributed by atoms with Gasteiger partial charge in [0, 0.05) is 20.1 Å². The third kappa shape index (κ3) is 6.74. The van der Waals surface area contributed by atoms with Crippen molar-refractivity contribution in [2.45, 2.75) is 38.7 Å². The number of hydrogen-bond acceptors (Lipinski definition) is 5. The lowest BCUT2D eigenvalue weighted by molar-refractivity contribution is -0.127. The minimum atomic E-state index is -2.88. The van der Waals surface area contributed by atoms with Gasteiger partial charge in [0.05, 0.1) is 11.3 Å². The number of hydrogen-bond donors (Lipinski definition) is 0. The number of carbonyl (C=O) groups excluding carboxylic acids is 1. The van der Waals surface area contributed by atoms with Crippen molar-refractivity contribution in [2.24, 2.45) is 5.92 Å². The first-order valence-electron chi connectivity index (χ1n) is 10.3. The molecule has 0 atom stereocenters. The van der Waals surface area contributed by atoms with Crippen LogP contribution in [-0.2, 0) is 17.9 Å². The van der Waals surface area contributed by atoms with Crippen LogP contribution >= 0.6 is 11.8 Å². The Bertz CT molecular complexity index is 1070. The summed E-state index contributed by atoms with van der Waals surface area (Å²) in [6.45, 7) is 2.09. The van der Waals surface area contributed by atoms with Gasteiger partial charge >= 0.3 is 6.61 Å². The largest absolute Gasteiger partial charge is 0.435 e. The van der Waals surface area contributed by atoms with E-state index in [2.05, 4.69) is 14.9 Å². The van der Waals surface area contributed by atoms with Crippen LogP contribution in [0.2, 0.25) is 0 Å². The normalized spacial score (nSPS) is 11.3. The third-order valence-corrected chi connectivity index (χ3v) is 5.65. The summed E-state index contributed by atoms with van der Waals surface area (Å²) in [6, 6.07) is 12.5. The summed E-state index contributed by atoms with van der Waals surface area (Å²) in [5.74, 6) is 0.355. The number of ether oxygens (including phenoxy) is 1. The molecule has 1 heterocycles. The molecule has 0 aliphatic carbocycles. The lowest BCUT2D eigenvalue weighted by Crippen LogP contribution is -2.28. The summed E-state index contributed by atoms with van der Waals surface area (Å²) in [5.41, 5.74) is 1.14. The Kier molecular flexibility index (Phi) is 8.37. The highest BCUT2D eigenvalue weighted by molar-refractivity contribution is 7.99. The molecule has 0 radical (unpaired) electrons. The summed E-state index contributed by atoms with van der Waals surface area (Å²) >= 11 is 1.24. The minimum absolute atomic E-state index is 0.0634. The fourth-order valence-corrected chi connectivity index (χ4v) is 4.03. The lowest BCUT2D eigenvalue weighted by Gasteiger charge is -2.18. The fourth-order valence-electron chi connectivity index (χ4n) is 3.14. The van der Waals surface area contributed by atoms with Crippen molar-refractivity contribution in [1.82, 2.24) is 19.7 Å². The molecule has 0 aliphatic rings. The SMILES string of the molecule is CC(C)Cn1c(SCC(=O)N(C)Cc2ccc(OC(F)F)cc2)nnc1-c1ccccc1F. The van der Waals surface area contributed by atoms with Gasteiger partial charge in [0.1, 0.15) is 11.6 Å². The van der Waals surface area contributed by atoms with Crippen LogP contribution in [0.15, 0.2) is 53.7 Å². The number of rotatable bonds is 10. The molecule has 0 bridgehead atoms. The number of thioether (sulfide) groups is 1. The van der Waals surface area contributed by atoms with Crippen molar-refractivity contribution < 1.29 is 22.7 Å². The van der Waals surface area contributed by atoms with Gasteiger partial charge in [0.15, 0.2) is 11.0 Å². The van der Waals surface area contributed by atoms with Gasteiger partial charge in [-0.05, 0) is 35.7 Å². The van der Waals surface area contributed by atoms with Crippen LogP contribution in [0, 0.1) is 11.7 Å². The van der Waals surface area contributed by atoms with Crippen LogP contribution in [0.5, 0.6) is 5.75 Å². The average molecular weight is 479 g/mol. The van der Waals surface area contributed by atoms with E-state index in [9.17, 15) is 18.0 Å². The molecule has 0 N–H and O–H groups in total. The molecule has 33 heavy (non-hydrogen) atoms. The molecule has 2 aromatic carbocycles. The highest BCUT2D eigenvalue weighted by Gasteiger charge is 2.19. The topological polar surface area (TPSA) is 60.2 Å². The van der Waals surface area contributed by atoms with Crippen molar-refractivity contribution in [2.75, 3.05) is 12.8 Å². The summed E-state index contributed by atoms with van der Waals surface area (Å²) in [5, 5.41) is 8.92. The molecular weight excluding hydrogens is 453 g/mol. The zero-order valence-corrected chi connectivity index (χ0v) is 19.4. The van der Waals surface area contributed by atoms with Crippen LogP contribution in [0.25, 0.3) is 11.4 Å². The lowest BCUT2D eigenvalue weighted by atomic mass is 10.2.